The Bertz CT molecular complexity index is 453. The second-order valence-electron chi connectivity index (χ2n) is 5.97. The first-order valence-corrected chi connectivity index (χ1v) is 8.01. The number of imide groups is 1. The number of hydrogen-bond donors (Lipinski definition) is 4. The second-order valence-corrected chi connectivity index (χ2v) is 5.97. The Morgan fingerprint density at radius 2 is 1.67 bits per heavy atom. The normalized spacial score (nSPS) is 11.7. The first kappa shape index (κ1) is 21.8. The summed E-state index contributed by atoms with van der Waals surface area (Å²) in [5.74, 6) is -1.32. The molecule has 0 aliphatic rings. The summed E-state index contributed by atoms with van der Waals surface area (Å²) in [6, 6.07) is -2.04. The highest BCUT2D eigenvalue weighted by Crippen LogP contribution is 2.08. The maximum atomic E-state index is 11.9. The lowest BCUT2D eigenvalue weighted by Crippen LogP contribution is -2.51. The number of carbonyl (C=O) groups excluding carboxylic acids is 4. The van der Waals surface area contributed by atoms with Crippen molar-refractivity contribution in [1.82, 2.24) is 15.7 Å². The molecule has 0 spiro atoms. The topological polar surface area (TPSA) is 142 Å². The van der Waals surface area contributed by atoms with Gasteiger partial charge in [-0.15, -0.1) is 5.06 Å². The molecule has 5 N–H and O–H groups in total. The smallest absolute Gasteiger partial charge is 0.349 e. The number of hydroxylamine groups is 2. The Morgan fingerprint density at radius 1 is 1.08 bits per heavy atom. The Morgan fingerprint density at radius 3 is 2.17 bits per heavy atom. The van der Waals surface area contributed by atoms with Crippen LogP contribution >= 0.6 is 0 Å². The van der Waals surface area contributed by atoms with Crippen LogP contribution in [0, 0.1) is 5.92 Å². The van der Waals surface area contributed by atoms with Crippen molar-refractivity contribution in [3.05, 3.63) is 0 Å². The van der Waals surface area contributed by atoms with Gasteiger partial charge >= 0.3 is 6.03 Å². The van der Waals surface area contributed by atoms with Crippen LogP contribution in [0.15, 0.2) is 0 Å². The Labute approximate surface area is 141 Å². The molecular formula is C15H28N4O5. The van der Waals surface area contributed by atoms with Gasteiger partial charge in [-0.05, 0) is 25.2 Å². The summed E-state index contributed by atoms with van der Waals surface area (Å²) in [5.41, 5.74) is 5.02. The highest BCUT2D eigenvalue weighted by molar-refractivity contribution is 5.95. The second kappa shape index (κ2) is 11.4. The van der Waals surface area contributed by atoms with Crippen molar-refractivity contribution < 1.29 is 24.4 Å². The van der Waals surface area contributed by atoms with Crippen molar-refractivity contribution in [3.63, 3.8) is 0 Å². The van der Waals surface area contributed by atoms with Crippen molar-refractivity contribution in [2.24, 2.45) is 11.7 Å². The minimum atomic E-state index is -1.07. The highest BCUT2D eigenvalue weighted by atomic mass is 16.5. The molecule has 0 bridgehead atoms. The van der Waals surface area contributed by atoms with Crippen LogP contribution in [0.25, 0.3) is 0 Å². The van der Waals surface area contributed by atoms with Gasteiger partial charge in [-0.25, -0.2) is 4.79 Å². The molecule has 9 heteroatoms. The van der Waals surface area contributed by atoms with Gasteiger partial charge in [-0.1, -0.05) is 20.3 Å². The highest BCUT2D eigenvalue weighted by Gasteiger charge is 2.25. The number of nitrogens with zero attached hydrogens (tertiary/aromatic N) is 1. The Kier molecular flexibility index (Phi) is 10.4. The Hall–Kier alpha value is -2.16. The molecule has 0 heterocycles. The average molecular weight is 344 g/mol. The summed E-state index contributed by atoms with van der Waals surface area (Å²) in [6.45, 7) is 4.02. The van der Waals surface area contributed by atoms with Gasteiger partial charge in [0.2, 0.25) is 11.8 Å². The van der Waals surface area contributed by atoms with E-state index in [0.29, 0.717) is 18.8 Å². The molecule has 9 nitrogen and oxygen atoms in total. The first-order chi connectivity index (χ1) is 11.2. The largest absolute Gasteiger partial charge is 0.370 e. The third-order valence-electron chi connectivity index (χ3n) is 3.38. The fraction of sp³-hybridized carbons (Fsp3) is 0.733. The summed E-state index contributed by atoms with van der Waals surface area (Å²) in [4.78, 5) is 46.1. The lowest BCUT2D eigenvalue weighted by molar-refractivity contribution is -0.153. The maximum absolute atomic E-state index is 11.9. The van der Waals surface area contributed by atoms with Crippen LogP contribution in [0.1, 0.15) is 52.4 Å². The van der Waals surface area contributed by atoms with Crippen LogP contribution in [0.3, 0.4) is 0 Å². The van der Waals surface area contributed by atoms with E-state index >= 15 is 0 Å². The van der Waals surface area contributed by atoms with Crippen LogP contribution in [-0.4, -0.2) is 47.1 Å². The predicted octanol–water partition coefficient (Wildman–Crippen LogP) is 0.510. The molecule has 0 aliphatic carbocycles. The number of carbonyl (C=O) groups is 4. The molecule has 0 fully saturated rings. The molecule has 5 amide bonds. The standard InChI is InChI=1S/C15H28N4O5/c1-10(2)6-4-9-13(21)19(24)15(23)18-11(14(22)17-3)7-5-8-12(16)20/h10-11,24H,4-9H2,1-3H3,(H2,16,20)(H,17,22)(H,18,23)/t11-/m0/s1. The summed E-state index contributed by atoms with van der Waals surface area (Å²) >= 11 is 0. The maximum Gasteiger partial charge on any atom is 0.349 e. The number of nitrogens with two attached hydrogens (primary N) is 1. The quantitative estimate of drug-likeness (QED) is 0.337. The molecule has 0 radical (unpaired) electrons. The Balaban J connectivity index is 4.53. The van der Waals surface area contributed by atoms with E-state index in [0.717, 1.165) is 6.42 Å². The van der Waals surface area contributed by atoms with Gasteiger partial charge < -0.3 is 16.4 Å². The molecule has 1 atom stereocenters. The van der Waals surface area contributed by atoms with Gasteiger partial charge in [0.1, 0.15) is 6.04 Å². The zero-order valence-corrected chi connectivity index (χ0v) is 14.5. The van der Waals surface area contributed by atoms with E-state index in [-0.39, 0.29) is 24.3 Å². The van der Waals surface area contributed by atoms with E-state index in [4.69, 9.17) is 5.73 Å². The summed E-state index contributed by atoms with van der Waals surface area (Å²) < 4.78 is 0. The van der Waals surface area contributed by atoms with Crippen LogP contribution in [-0.2, 0) is 14.4 Å². The number of likely N-dealkylation sites (N-methyl/N-ethyl adjacent to an activating group) is 1. The molecule has 0 aromatic rings. The van der Waals surface area contributed by atoms with Crippen molar-refractivity contribution >= 4 is 23.8 Å². The first-order valence-electron chi connectivity index (χ1n) is 8.01. The lowest BCUT2D eigenvalue weighted by Gasteiger charge is -2.20. The lowest BCUT2D eigenvalue weighted by atomic mass is 10.1. The van der Waals surface area contributed by atoms with Gasteiger partial charge in [0.05, 0.1) is 0 Å². The monoisotopic (exact) mass is 344 g/mol. The summed E-state index contributed by atoms with van der Waals surface area (Å²) in [5, 5.41) is 14.3. The summed E-state index contributed by atoms with van der Waals surface area (Å²) in [7, 11) is 1.39. The molecule has 138 valence electrons. The zero-order chi connectivity index (χ0) is 18.7. The van der Waals surface area contributed by atoms with Crippen LogP contribution in [0.2, 0.25) is 0 Å². The van der Waals surface area contributed by atoms with Crippen molar-refractivity contribution in [1.29, 1.82) is 0 Å². The number of amides is 5. The molecule has 0 unspecified atom stereocenters. The number of rotatable bonds is 10. The average Bonchev–Trinajstić information content (AvgIpc) is 2.51. The van der Waals surface area contributed by atoms with Crippen LogP contribution < -0.4 is 16.4 Å². The van der Waals surface area contributed by atoms with E-state index in [2.05, 4.69) is 10.6 Å². The van der Waals surface area contributed by atoms with Gasteiger partial charge in [-0.2, -0.15) is 0 Å². The SMILES string of the molecule is CNC(=O)[C@H](CCCC(N)=O)NC(=O)N(O)C(=O)CCCC(C)C. The minimum absolute atomic E-state index is 0.00957. The number of nitrogens with one attached hydrogen (secondary N) is 2. The molecule has 24 heavy (non-hydrogen) atoms. The van der Waals surface area contributed by atoms with Gasteiger partial charge in [0, 0.05) is 19.9 Å². The van der Waals surface area contributed by atoms with E-state index in [1.807, 2.05) is 13.8 Å². The van der Waals surface area contributed by atoms with E-state index in [1.165, 1.54) is 7.05 Å². The van der Waals surface area contributed by atoms with E-state index < -0.39 is 29.8 Å². The number of hydrogen-bond acceptors (Lipinski definition) is 5. The predicted molar refractivity (Wildman–Crippen MR) is 86.8 cm³/mol. The van der Waals surface area contributed by atoms with E-state index in [1.54, 1.807) is 0 Å². The van der Waals surface area contributed by atoms with Gasteiger partial charge in [0.25, 0.3) is 5.91 Å². The van der Waals surface area contributed by atoms with Crippen LogP contribution in [0.5, 0.6) is 0 Å². The van der Waals surface area contributed by atoms with Crippen molar-refractivity contribution in [2.75, 3.05) is 7.05 Å². The molecule has 0 rings (SSSR count). The molecular weight excluding hydrogens is 316 g/mol. The summed E-state index contributed by atoms with van der Waals surface area (Å²) in [6.07, 6.45) is 1.91. The molecule has 0 aliphatic heterocycles. The molecule has 0 saturated carbocycles. The molecule has 0 aromatic carbocycles. The fourth-order valence-electron chi connectivity index (χ4n) is 2.01. The number of primary amides is 1. The van der Waals surface area contributed by atoms with Crippen molar-refractivity contribution in [3.8, 4) is 0 Å². The van der Waals surface area contributed by atoms with Crippen LogP contribution in [0.4, 0.5) is 4.79 Å². The molecule has 0 aromatic heterocycles. The third kappa shape index (κ3) is 9.09. The molecule has 0 saturated heterocycles. The third-order valence-corrected chi connectivity index (χ3v) is 3.38. The fourth-order valence-corrected chi connectivity index (χ4v) is 2.01. The van der Waals surface area contributed by atoms with Gasteiger partial charge in [-0.3, -0.25) is 19.6 Å². The number of urea groups is 1. The van der Waals surface area contributed by atoms with Crippen molar-refractivity contribution in [2.45, 2.75) is 58.4 Å². The minimum Gasteiger partial charge on any atom is -0.370 e. The van der Waals surface area contributed by atoms with E-state index in [9.17, 15) is 24.4 Å². The zero-order valence-electron chi connectivity index (χ0n) is 14.5. The van der Waals surface area contributed by atoms with Gasteiger partial charge in [0.15, 0.2) is 0 Å².